The Balaban J connectivity index is 1.22. The van der Waals surface area contributed by atoms with Crippen molar-refractivity contribution in [2.45, 2.75) is 64.6 Å². The lowest BCUT2D eigenvalue weighted by Crippen LogP contribution is -2.52. The number of hydrogen-bond donors (Lipinski definition) is 2. The van der Waals surface area contributed by atoms with Gasteiger partial charge in [0.2, 0.25) is 0 Å². The third-order valence-corrected chi connectivity index (χ3v) is 7.11. The highest BCUT2D eigenvalue weighted by atomic mass is 16.5. The number of carbonyl (C=O) groups is 1. The first-order valence-electron chi connectivity index (χ1n) is 12.9. The molecule has 1 heterocycles. The van der Waals surface area contributed by atoms with E-state index in [0.29, 0.717) is 6.04 Å². The van der Waals surface area contributed by atoms with Gasteiger partial charge in [-0.1, -0.05) is 12.1 Å². The number of benzene rings is 2. The van der Waals surface area contributed by atoms with Crippen LogP contribution in [0.1, 0.15) is 45.1 Å². The van der Waals surface area contributed by atoms with Crippen LogP contribution in [0.25, 0.3) is 0 Å². The average Bonchev–Trinajstić information content (AvgIpc) is 2.86. The van der Waals surface area contributed by atoms with E-state index in [9.17, 15) is 4.79 Å². The molecule has 2 amide bonds. The average molecular weight is 481 g/mol. The van der Waals surface area contributed by atoms with Gasteiger partial charge in [0.1, 0.15) is 11.5 Å². The normalized spacial score (nSPS) is 21.0. The summed E-state index contributed by atoms with van der Waals surface area (Å²) in [6, 6.07) is 14.8. The van der Waals surface area contributed by atoms with Gasteiger partial charge in [0, 0.05) is 44.0 Å². The van der Waals surface area contributed by atoms with Crippen LogP contribution >= 0.6 is 0 Å². The molecule has 0 spiro atoms. The minimum absolute atomic E-state index is 0.127. The summed E-state index contributed by atoms with van der Waals surface area (Å²) < 4.78 is 11.3. The molecule has 0 atom stereocenters. The first-order valence-corrected chi connectivity index (χ1v) is 12.9. The van der Waals surface area contributed by atoms with Crippen molar-refractivity contribution >= 4 is 17.4 Å². The summed E-state index contributed by atoms with van der Waals surface area (Å²) in [5.41, 5.74) is 3.00. The molecule has 2 N–H and O–H groups in total. The largest absolute Gasteiger partial charge is 0.497 e. The fraction of sp³-hybridized carbons (Fsp3) is 0.536. The summed E-state index contributed by atoms with van der Waals surface area (Å²) in [5.74, 6) is 1.77. The number of nitrogens with zero attached hydrogens (tertiary/aromatic N) is 2. The first-order chi connectivity index (χ1) is 16.9. The number of nitrogens with one attached hydrogen (secondary N) is 2. The number of rotatable bonds is 7. The predicted molar refractivity (Wildman–Crippen MR) is 142 cm³/mol. The van der Waals surface area contributed by atoms with Gasteiger partial charge in [-0.3, -0.25) is 4.90 Å². The molecule has 2 aromatic rings. The molecule has 0 bridgehead atoms. The Morgan fingerprint density at radius 1 is 1.00 bits per heavy atom. The molecule has 35 heavy (non-hydrogen) atoms. The van der Waals surface area contributed by atoms with Gasteiger partial charge >= 0.3 is 6.03 Å². The molecule has 2 aliphatic rings. The van der Waals surface area contributed by atoms with Crippen molar-refractivity contribution in [1.29, 1.82) is 0 Å². The summed E-state index contributed by atoms with van der Waals surface area (Å²) in [6.45, 7) is 10.3. The highest BCUT2D eigenvalue weighted by Crippen LogP contribution is 2.31. The molecule has 1 saturated heterocycles. The van der Waals surface area contributed by atoms with Crippen molar-refractivity contribution in [2.75, 3.05) is 43.5 Å². The van der Waals surface area contributed by atoms with Crippen LogP contribution in [-0.2, 0) is 0 Å². The summed E-state index contributed by atoms with van der Waals surface area (Å²) in [6.07, 6.45) is 4.46. The second kappa shape index (κ2) is 11.7. The topological polar surface area (TPSA) is 66.1 Å². The number of para-hydroxylation sites is 2. The summed E-state index contributed by atoms with van der Waals surface area (Å²) in [5, 5.41) is 6.16. The Bertz CT molecular complexity index is 980. The molecule has 0 aromatic heterocycles. The zero-order chi connectivity index (χ0) is 24.8. The van der Waals surface area contributed by atoms with Crippen LogP contribution in [0.3, 0.4) is 0 Å². The number of aryl methyl sites for hydroxylation is 1. The van der Waals surface area contributed by atoms with Gasteiger partial charge in [-0.05, 0) is 82.3 Å². The fourth-order valence-corrected chi connectivity index (χ4v) is 5.23. The number of amides is 2. The number of ether oxygens (including phenoxy) is 2. The van der Waals surface area contributed by atoms with Gasteiger partial charge < -0.3 is 25.0 Å². The smallest absolute Gasteiger partial charge is 0.319 e. The van der Waals surface area contributed by atoms with E-state index in [1.165, 1.54) is 5.69 Å². The SMILES string of the molecule is COc1ccc(NC(=O)N[C@H]2CC[C@@H](N3CCN(c4ccccc4OC(C)C)CC3)CC2)c(C)c1. The van der Waals surface area contributed by atoms with Crippen molar-refractivity contribution in [2.24, 2.45) is 0 Å². The van der Waals surface area contributed by atoms with Crippen LogP contribution in [0.5, 0.6) is 11.5 Å². The van der Waals surface area contributed by atoms with Crippen LogP contribution in [0.2, 0.25) is 0 Å². The van der Waals surface area contributed by atoms with Gasteiger partial charge in [-0.2, -0.15) is 0 Å². The number of piperazine rings is 1. The third-order valence-electron chi connectivity index (χ3n) is 7.11. The monoisotopic (exact) mass is 480 g/mol. The summed E-state index contributed by atoms with van der Waals surface area (Å²) in [7, 11) is 1.65. The van der Waals surface area contributed by atoms with E-state index in [0.717, 1.165) is 74.6 Å². The molecule has 0 radical (unpaired) electrons. The zero-order valence-electron chi connectivity index (χ0n) is 21.5. The molecule has 1 saturated carbocycles. The minimum Gasteiger partial charge on any atom is -0.497 e. The van der Waals surface area contributed by atoms with E-state index in [2.05, 4.69) is 52.5 Å². The maximum Gasteiger partial charge on any atom is 0.319 e. The second-order valence-corrected chi connectivity index (χ2v) is 9.94. The van der Waals surface area contributed by atoms with Gasteiger partial charge in [0.15, 0.2) is 0 Å². The van der Waals surface area contributed by atoms with Crippen molar-refractivity contribution in [3.63, 3.8) is 0 Å². The Hall–Kier alpha value is -2.93. The van der Waals surface area contributed by atoms with Gasteiger partial charge in [0.25, 0.3) is 0 Å². The van der Waals surface area contributed by atoms with Crippen LogP contribution in [0.4, 0.5) is 16.2 Å². The number of hydrogen-bond acceptors (Lipinski definition) is 5. The Morgan fingerprint density at radius 2 is 1.71 bits per heavy atom. The molecule has 1 aliphatic heterocycles. The van der Waals surface area contributed by atoms with E-state index in [-0.39, 0.29) is 18.2 Å². The van der Waals surface area contributed by atoms with Crippen molar-refractivity contribution in [3.8, 4) is 11.5 Å². The van der Waals surface area contributed by atoms with Crippen molar-refractivity contribution < 1.29 is 14.3 Å². The van der Waals surface area contributed by atoms with E-state index in [1.807, 2.05) is 31.2 Å². The molecular weight excluding hydrogens is 440 g/mol. The number of anilines is 2. The van der Waals surface area contributed by atoms with E-state index < -0.39 is 0 Å². The molecule has 2 aromatic carbocycles. The molecular formula is C28H40N4O3. The van der Waals surface area contributed by atoms with Crippen LogP contribution in [-0.4, -0.2) is 62.4 Å². The van der Waals surface area contributed by atoms with Crippen LogP contribution < -0.4 is 25.0 Å². The molecule has 7 heteroatoms. The molecule has 190 valence electrons. The summed E-state index contributed by atoms with van der Waals surface area (Å²) >= 11 is 0. The lowest BCUT2D eigenvalue weighted by atomic mass is 9.90. The van der Waals surface area contributed by atoms with Crippen molar-refractivity contribution in [3.05, 3.63) is 48.0 Å². The maximum atomic E-state index is 12.6. The highest BCUT2D eigenvalue weighted by Gasteiger charge is 2.29. The van der Waals surface area contributed by atoms with Gasteiger partial charge in [0.05, 0.1) is 18.9 Å². The van der Waals surface area contributed by atoms with E-state index >= 15 is 0 Å². The Morgan fingerprint density at radius 3 is 2.37 bits per heavy atom. The van der Waals surface area contributed by atoms with Gasteiger partial charge in [-0.25, -0.2) is 4.79 Å². The van der Waals surface area contributed by atoms with Crippen LogP contribution in [0.15, 0.2) is 42.5 Å². The second-order valence-electron chi connectivity index (χ2n) is 9.94. The van der Waals surface area contributed by atoms with Gasteiger partial charge in [-0.15, -0.1) is 0 Å². The number of carbonyl (C=O) groups excluding carboxylic acids is 1. The lowest BCUT2D eigenvalue weighted by Gasteiger charge is -2.43. The third kappa shape index (κ3) is 6.60. The molecule has 0 unspecified atom stereocenters. The Kier molecular flexibility index (Phi) is 8.39. The zero-order valence-corrected chi connectivity index (χ0v) is 21.5. The first kappa shape index (κ1) is 25.2. The minimum atomic E-state index is -0.127. The number of methoxy groups -OCH3 is 1. The molecule has 7 nitrogen and oxygen atoms in total. The van der Waals surface area contributed by atoms with Crippen molar-refractivity contribution in [1.82, 2.24) is 10.2 Å². The lowest BCUT2D eigenvalue weighted by molar-refractivity contribution is 0.137. The fourth-order valence-electron chi connectivity index (χ4n) is 5.23. The Labute approximate surface area is 209 Å². The molecule has 2 fully saturated rings. The highest BCUT2D eigenvalue weighted by molar-refractivity contribution is 5.90. The maximum absolute atomic E-state index is 12.6. The van der Waals surface area contributed by atoms with Crippen LogP contribution in [0, 0.1) is 6.92 Å². The quantitative estimate of drug-likeness (QED) is 0.581. The van der Waals surface area contributed by atoms with E-state index in [1.54, 1.807) is 7.11 Å². The number of urea groups is 1. The molecule has 4 rings (SSSR count). The molecule has 1 aliphatic carbocycles. The van der Waals surface area contributed by atoms with E-state index in [4.69, 9.17) is 9.47 Å². The predicted octanol–water partition coefficient (Wildman–Crippen LogP) is 5.05. The standard InChI is InChI=1S/C28H40N4O3/c1-20(2)35-27-8-6-5-7-26(27)32-17-15-31(16-18-32)23-11-9-22(10-12-23)29-28(33)30-25-14-13-24(34-4)19-21(25)3/h5-8,13-14,19-20,22-23H,9-12,15-18H2,1-4H3,(H2,29,30,33)/t22-,23+. The summed E-state index contributed by atoms with van der Waals surface area (Å²) in [4.78, 5) is 17.6.